The lowest BCUT2D eigenvalue weighted by molar-refractivity contribution is 0.100. The predicted octanol–water partition coefficient (Wildman–Crippen LogP) is 1.25. The van der Waals surface area contributed by atoms with Gasteiger partial charge in [-0.1, -0.05) is 11.6 Å². The number of primary amides is 1. The maximum Gasteiger partial charge on any atom is 0.248 e. The summed E-state index contributed by atoms with van der Waals surface area (Å²) in [4.78, 5) is 10.9. The van der Waals surface area contributed by atoms with Gasteiger partial charge in [-0.25, -0.2) is 0 Å². The Morgan fingerprint density at radius 1 is 1.41 bits per heavy atom. The molecule has 0 unspecified atom stereocenters. The zero-order valence-corrected chi connectivity index (χ0v) is 9.19. The molecule has 0 aromatic heterocycles. The molecule has 0 aliphatic heterocycles. The Hall–Kier alpha value is -2.57. The summed E-state index contributed by atoms with van der Waals surface area (Å²) in [6.45, 7) is 0. The monoisotopic (exact) mass is 247 g/mol. The van der Waals surface area contributed by atoms with Gasteiger partial charge >= 0.3 is 0 Å². The maximum absolute atomic E-state index is 10.9. The summed E-state index contributed by atoms with van der Waals surface area (Å²) in [5.74, 6) is -0.616. The van der Waals surface area contributed by atoms with E-state index in [2.05, 4.69) is 10.5 Å². The van der Waals surface area contributed by atoms with Crippen molar-refractivity contribution in [2.24, 2.45) is 10.8 Å². The van der Waals surface area contributed by atoms with E-state index >= 15 is 0 Å². The van der Waals surface area contributed by atoms with Crippen LogP contribution in [0.1, 0.15) is 10.4 Å². The number of nitrogens with one attached hydrogen (secondary N) is 1. The van der Waals surface area contributed by atoms with E-state index < -0.39 is 5.91 Å². The second-order valence-electron chi connectivity index (χ2n) is 2.85. The van der Waals surface area contributed by atoms with E-state index in [-0.39, 0.29) is 22.0 Å². The van der Waals surface area contributed by atoms with Crippen molar-refractivity contribution < 1.29 is 4.79 Å². The highest BCUT2D eigenvalue weighted by Crippen LogP contribution is 2.22. The van der Waals surface area contributed by atoms with Crippen LogP contribution in [0, 0.1) is 22.7 Å². The molecule has 0 aliphatic rings. The molecular formula is C10H6ClN5O. The molecule has 0 bridgehead atoms. The summed E-state index contributed by atoms with van der Waals surface area (Å²) >= 11 is 5.82. The number of nitrogens with zero attached hydrogens (tertiary/aromatic N) is 3. The standard InChI is InChI=1S/C10H6ClN5O/c11-8-2-1-6(10(14)17)3-9(8)16-15-7(4-12)5-13/h1-3,16H,(H2,14,17). The van der Waals surface area contributed by atoms with Gasteiger partial charge in [0.2, 0.25) is 11.6 Å². The van der Waals surface area contributed by atoms with Crippen molar-refractivity contribution in [2.45, 2.75) is 0 Å². The first-order chi connectivity index (χ1) is 8.08. The normalized spacial score (nSPS) is 8.65. The van der Waals surface area contributed by atoms with Gasteiger partial charge in [-0.15, -0.1) is 0 Å². The Morgan fingerprint density at radius 3 is 2.59 bits per heavy atom. The molecule has 84 valence electrons. The molecule has 0 atom stereocenters. The lowest BCUT2D eigenvalue weighted by Crippen LogP contribution is -2.11. The van der Waals surface area contributed by atoms with Gasteiger partial charge in [0, 0.05) is 5.56 Å². The molecule has 1 rings (SSSR count). The number of carbonyl (C=O) groups is 1. The van der Waals surface area contributed by atoms with Crippen LogP contribution in [0.2, 0.25) is 5.02 Å². The van der Waals surface area contributed by atoms with Crippen LogP contribution >= 0.6 is 11.6 Å². The van der Waals surface area contributed by atoms with Crippen LogP contribution in [0.5, 0.6) is 0 Å². The minimum Gasteiger partial charge on any atom is -0.366 e. The van der Waals surface area contributed by atoms with Crippen LogP contribution in [0.15, 0.2) is 23.3 Å². The summed E-state index contributed by atoms with van der Waals surface area (Å²) in [7, 11) is 0. The first-order valence-corrected chi connectivity index (χ1v) is 4.69. The molecule has 17 heavy (non-hydrogen) atoms. The fourth-order valence-corrected chi connectivity index (χ4v) is 1.12. The third kappa shape index (κ3) is 3.20. The zero-order valence-electron chi connectivity index (χ0n) is 8.44. The number of carbonyl (C=O) groups excluding carboxylic acids is 1. The third-order valence-corrected chi connectivity index (χ3v) is 2.08. The Balaban J connectivity index is 3.04. The van der Waals surface area contributed by atoms with Crippen LogP contribution in [0.25, 0.3) is 0 Å². The predicted molar refractivity (Wildman–Crippen MR) is 62.3 cm³/mol. The van der Waals surface area contributed by atoms with Crippen LogP contribution < -0.4 is 11.2 Å². The van der Waals surface area contributed by atoms with Crippen molar-refractivity contribution in [3.63, 3.8) is 0 Å². The van der Waals surface area contributed by atoms with Gasteiger partial charge in [0.1, 0.15) is 12.1 Å². The lowest BCUT2D eigenvalue weighted by Gasteiger charge is -2.04. The van der Waals surface area contributed by atoms with E-state index in [4.69, 9.17) is 27.9 Å². The Bertz CT molecular complexity index is 551. The second kappa shape index (κ2) is 5.50. The van der Waals surface area contributed by atoms with Crippen molar-refractivity contribution in [3.05, 3.63) is 28.8 Å². The molecule has 1 amide bonds. The van der Waals surface area contributed by atoms with E-state index in [9.17, 15) is 4.79 Å². The van der Waals surface area contributed by atoms with Gasteiger partial charge in [-0.05, 0) is 18.2 Å². The second-order valence-corrected chi connectivity index (χ2v) is 3.26. The molecule has 0 saturated heterocycles. The number of amides is 1. The number of hydrogen-bond donors (Lipinski definition) is 2. The lowest BCUT2D eigenvalue weighted by atomic mass is 10.2. The first-order valence-electron chi connectivity index (χ1n) is 4.31. The third-order valence-electron chi connectivity index (χ3n) is 1.75. The minimum atomic E-state index is -0.616. The molecule has 3 N–H and O–H groups in total. The Labute approximate surface area is 102 Å². The molecule has 0 heterocycles. The maximum atomic E-state index is 10.9. The smallest absolute Gasteiger partial charge is 0.248 e. The van der Waals surface area contributed by atoms with Crippen molar-refractivity contribution in [1.82, 2.24) is 0 Å². The first kappa shape index (κ1) is 12.5. The van der Waals surface area contributed by atoms with E-state index in [1.165, 1.54) is 18.2 Å². The van der Waals surface area contributed by atoms with Crippen LogP contribution in [-0.2, 0) is 0 Å². The van der Waals surface area contributed by atoms with Crippen molar-refractivity contribution in [1.29, 1.82) is 10.5 Å². The minimum absolute atomic E-state index is 0.238. The van der Waals surface area contributed by atoms with Crippen LogP contribution in [0.4, 0.5) is 5.69 Å². The highest BCUT2D eigenvalue weighted by atomic mass is 35.5. The van der Waals surface area contributed by atoms with Crippen molar-refractivity contribution in [3.8, 4) is 12.1 Å². The Morgan fingerprint density at radius 2 is 2.06 bits per heavy atom. The number of hydrazone groups is 1. The number of rotatable bonds is 3. The molecule has 7 heteroatoms. The largest absolute Gasteiger partial charge is 0.366 e. The molecule has 0 aliphatic carbocycles. The van der Waals surface area contributed by atoms with Gasteiger partial charge in [0.25, 0.3) is 0 Å². The molecule has 6 nitrogen and oxygen atoms in total. The SMILES string of the molecule is N#CC(C#N)=NNc1cc(C(N)=O)ccc1Cl. The molecule has 0 spiro atoms. The average Bonchev–Trinajstić information content (AvgIpc) is 2.32. The fraction of sp³-hybridized carbons (Fsp3) is 0. The van der Waals surface area contributed by atoms with E-state index in [1.54, 1.807) is 12.1 Å². The summed E-state index contributed by atoms with van der Waals surface area (Å²) < 4.78 is 0. The summed E-state index contributed by atoms with van der Waals surface area (Å²) in [6, 6.07) is 7.43. The van der Waals surface area contributed by atoms with Gasteiger partial charge in [0.05, 0.1) is 10.7 Å². The molecule has 1 aromatic rings. The summed E-state index contributed by atoms with van der Waals surface area (Å²) in [5, 5.41) is 20.7. The van der Waals surface area contributed by atoms with Gasteiger partial charge in [-0.2, -0.15) is 15.6 Å². The van der Waals surface area contributed by atoms with Gasteiger partial charge in [0.15, 0.2) is 0 Å². The Kier molecular flexibility index (Phi) is 4.04. The number of hydrogen-bond acceptors (Lipinski definition) is 5. The molecule has 0 saturated carbocycles. The van der Waals surface area contributed by atoms with Crippen LogP contribution in [-0.4, -0.2) is 11.6 Å². The van der Waals surface area contributed by atoms with Crippen molar-refractivity contribution >= 4 is 28.9 Å². The van der Waals surface area contributed by atoms with Crippen LogP contribution in [0.3, 0.4) is 0 Å². The number of nitriles is 2. The van der Waals surface area contributed by atoms with Crippen molar-refractivity contribution in [2.75, 3.05) is 5.43 Å². The molecule has 0 radical (unpaired) electrons. The number of nitrogens with two attached hydrogens (primary N) is 1. The highest BCUT2D eigenvalue weighted by molar-refractivity contribution is 6.33. The molecule has 1 aromatic carbocycles. The summed E-state index contributed by atoms with van der Waals surface area (Å²) in [6.07, 6.45) is 0. The molecular weight excluding hydrogens is 242 g/mol. The van der Waals surface area contributed by atoms with Gasteiger partial charge in [-0.3, -0.25) is 10.2 Å². The quantitative estimate of drug-likeness (QED) is 0.618. The summed E-state index contributed by atoms with van der Waals surface area (Å²) in [5.41, 5.74) is 7.67. The molecule has 0 fully saturated rings. The number of benzene rings is 1. The van der Waals surface area contributed by atoms with E-state index in [0.717, 1.165) is 0 Å². The average molecular weight is 248 g/mol. The topological polar surface area (TPSA) is 115 Å². The van der Waals surface area contributed by atoms with E-state index in [0.29, 0.717) is 0 Å². The highest BCUT2D eigenvalue weighted by Gasteiger charge is 2.05. The fourth-order valence-electron chi connectivity index (χ4n) is 0.955. The van der Waals surface area contributed by atoms with Gasteiger partial charge < -0.3 is 5.73 Å². The van der Waals surface area contributed by atoms with E-state index in [1.807, 2.05) is 0 Å². The number of anilines is 1. The zero-order chi connectivity index (χ0) is 12.8. The number of halogens is 1.